The predicted octanol–water partition coefficient (Wildman–Crippen LogP) is 3.71. The van der Waals surface area contributed by atoms with Crippen LogP contribution >= 0.6 is 0 Å². The molecule has 0 N–H and O–H groups in total. The average Bonchev–Trinajstić information content (AvgIpc) is 2.34. The van der Waals surface area contributed by atoms with Gasteiger partial charge in [0, 0.05) is 6.42 Å². The largest absolute Gasteiger partial charge is 0.494 e. The lowest BCUT2D eigenvalue weighted by molar-refractivity contribution is -0.143. The molecular formula is C16H24O3. The van der Waals surface area contributed by atoms with E-state index in [0.29, 0.717) is 26.1 Å². The number of benzene rings is 1. The number of hydrogen-bond donors (Lipinski definition) is 0. The number of carbonyl (C=O) groups excluding carboxylic acids is 1. The number of hydrogen-bond acceptors (Lipinski definition) is 3. The van der Waals surface area contributed by atoms with E-state index in [1.54, 1.807) is 0 Å². The van der Waals surface area contributed by atoms with E-state index in [1.165, 1.54) is 5.56 Å². The van der Waals surface area contributed by atoms with Crippen molar-refractivity contribution < 1.29 is 14.3 Å². The Balaban J connectivity index is 2.33. The highest BCUT2D eigenvalue weighted by molar-refractivity contribution is 5.69. The molecule has 3 nitrogen and oxygen atoms in total. The molecule has 0 aliphatic rings. The summed E-state index contributed by atoms with van der Waals surface area (Å²) in [7, 11) is 0. The van der Waals surface area contributed by atoms with Crippen molar-refractivity contribution in [3.8, 4) is 5.75 Å². The van der Waals surface area contributed by atoms with Crippen molar-refractivity contribution >= 4 is 5.97 Å². The van der Waals surface area contributed by atoms with Gasteiger partial charge in [-0.3, -0.25) is 4.79 Å². The fraction of sp³-hybridized carbons (Fsp3) is 0.562. The summed E-state index contributed by atoms with van der Waals surface area (Å²) in [4.78, 5) is 11.1. The van der Waals surface area contributed by atoms with E-state index >= 15 is 0 Å². The zero-order valence-corrected chi connectivity index (χ0v) is 12.4. The standard InChI is InChI=1S/C16H24O3/c1-5-18-15(17)7-6-12-19-14-10-8-13(9-11-14)16(2,3)4/h8-11H,5-7,12H2,1-4H3. The van der Waals surface area contributed by atoms with Gasteiger partial charge >= 0.3 is 5.97 Å². The van der Waals surface area contributed by atoms with Gasteiger partial charge in [-0.1, -0.05) is 32.9 Å². The molecule has 0 aliphatic carbocycles. The van der Waals surface area contributed by atoms with Crippen molar-refractivity contribution in [2.75, 3.05) is 13.2 Å². The molecule has 0 amide bonds. The van der Waals surface area contributed by atoms with Crippen LogP contribution in [0.4, 0.5) is 0 Å². The first-order chi connectivity index (χ1) is 8.93. The number of esters is 1. The van der Waals surface area contributed by atoms with Crippen LogP contribution < -0.4 is 4.74 Å². The molecule has 0 aliphatic heterocycles. The maximum Gasteiger partial charge on any atom is 0.305 e. The third-order valence-electron chi connectivity index (χ3n) is 2.82. The monoisotopic (exact) mass is 264 g/mol. The summed E-state index contributed by atoms with van der Waals surface area (Å²) in [5.41, 5.74) is 1.44. The summed E-state index contributed by atoms with van der Waals surface area (Å²) in [5.74, 6) is 0.686. The fourth-order valence-electron chi connectivity index (χ4n) is 1.69. The van der Waals surface area contributed by atoms with Gasteiger partial charge < -0.3 is 9.47 Å². The molecule has 0 radical (unpaired) electrons. The third kappa shape index (κ3) is 5.77. The molecule has 106 valence electrons. The molecule has 0 fully saturated rings. The van der Waals surface area contributed by atoms with Gasteiger partial charge in [0.15, 0.2) is 0 Å². The van der Waals surface area contributed by atoms with Crippen molar-refractivity contribution in [2.45, 2.75) is 46.0 Å². The van der Waals surface area contributed by atoms with Crippen LogP contribution in [0.1, 0.15) is 46.1 Å². The first kappa shape index (κ1) is 15.5. The highest BCUT2D eigenvalue weighted by atomic mass is 16.5. The number of ether oxygens (including phenoxy) is 2. The second-order valence-corrected chi connectivity index (χ2v) is 5.53. The summed E-state index contributed by atoms with van der Waals surface area (Å²) in [6.07, 6.45) is 1.09. The van der Waals surface area contributed by atoms with E-state index in [-0.39, 0.29) is 11.4 Å². The van der Waals surface area contributed by atoms with Crippen LogP contribution in [0.2, 0.25) is 0 Å². The molecule has 0 unspecified atom stereocenters. The minimum Gasteiger partial charge on any atom is -0.494 e. The van der Waals surface area contributed by atoms with Crippen LogP contribution in [-0.2, 0) is 14.9 Å². The van der Waals surface area contributed by atoms with Gasteiger partial charge in [0.1, 0.15) is 5.75 Å². The van der Waals surface area contributed by atoms with Crippen LogP contribution in [0.3, 0.4) is 0 Å². The predicted molar refractivity (Wildman–Crippen MR) is 76.5 cm³/mol. The van der Waals surface area contributed by atoms with Crippen LogP contribution in [0.5, 0.6) is 5.75 Å². The molecule has 0 aromatic heterocycles. The zero-order valence-electron chi connectivity index (χ0n) is 12.4. The van der Waals surface area contributed by atoms with Gasteiger partial charge in [-0.25, -0.2) is 0 Å². The number of rotatable bonds is 6. The Labute approximate surface area is 115 Å². The van der Waals surface area contributed by atoms with Gasteiger partial charge in [0.25, 0.3) is 0 Å². The minimum absolute atomic E-state index is 0.155. The van der Waals surface area contributed by atoms with Crippen LogP contribution in [0.15, 0.2) is 24.3 Å². The Hall–Kier alpha value is -1.51. The SMILES string of the molecule is CCOC(=O)CCCOc1ccc(C(C)(C)C)cc1. The van der Waals surface area contributed by atoms with Crippen LogP contribution in [-0.4, -0.2) is 19.2 Å². The van der Waals surface area contributed by atoms with E-state index in [9.17, 15) is 4.79 Å². The van der Waals surface area contributed by atoms with E-state index in [4.69, 9.17) is 9.47 Å². The summed E-state index contributed by atoms with van der Waals surface area (Å²) < 4.78 is 10.4. The second-order valence-electron chi connectivity index (χ2n) is 5.53. The first-order valence-electron chi connectivity index (χ1n) is 6.82. The smallest absolute Gasteiger partial charge is 0.305 e. The van der Waals surface area contributed by atoms with Gasteiger partial charge in [0.2, 0.25) is 0 Å². The quantitative estimate of drug-likeness (QED) is 0.580. The molecule has 1 aromatic rings. The average molecular weight is 264 g/mol. The topological polar surface area (TPSA) is 35.5 Å². The van der Waals surface area contributed by atoms with Gasteiger partial charge in [-0.15, -0.1) is 0 Å². The Morgan fingerprint density at radius 3 is 2.32 bits per heavy atom. The molecule has 0 saturated heterocycles. The summed E-state index contributed by atoms with van der Waals surface area (Å²) >= 11 is 0. The van der Waals surface area contributed by atoms with E-state index in [2.05, 4.69) is 32.9 Å². The first-order valence-corrected chi connectivity index (χ1v) is 6.82. The molecule has 1 rings (SSSR count). The zero-order chi connectivity index (χ0) is 14.3. The molecule has 0 spiro atoms. The van der Waals surface area contributed by atoms with Crippen LogP contribution in [0.25, 0.3) is 0 Å². The second kappa shape index (κ2) is 7.17. The lowest BCUT2D eigenvalue weighted by Crippen LogP contribution is -2.10. The third-order valence-corrected chi connectivity index (χ3v) is 2.82. The molecule has 1 aromatic carbocycles. The Morgan fingerprint density at radius 1 is 1.16 bits per heavy atom. The Kier molecular flexibility index (Phi) is 5.87. The molecular weight excluding hydrogens is 240 g/mol. The number of carbonyl (C=O) groups is 1. The van der Waals surface area contributed by atoms with Crippen molar-refractivity contribution in [1.82, 2.24) is 0 Å². The van der Waals surface area contributed by atoms with Crippen molar-refractivity contribution in [3.63, 3.8) is 0 Å². The molecule has 0 bridgehead atoms. The van der Waals surface area contributed by atoms with Crippen LogP contribution in [0, 0.1) is 0 Å². The fourth-order valence-corrected chi connectivity index (χ4v) is 1.69. The van der Waals surface area contributed by atoms with Crippen molar-refractivity contribution in [2.24, 2.45) is 0 Å². The van der Waals surface area contributed by atoms with Crippen molar-refractivity contribution in [3.05, 3.63) is 29.8 Å². The summed E-state index contributed by atoms with van der Waals surface area (Å²) in [6.45, 7) is 9.33. The molecule has 0 saturated carbocycles. The summed E-state index contributed by atoms with van der Waals surface area (Å²) in [6, 6.07) is 8.12. The molecule has 19 heavy (non-hydrogen) atoms. The lowest BCUT2D eigenvalue weighted by atomic mass is 9.87. The molecule has 0 heterocycles. The maximum atomic E-state index is 11.1. The maximum absolute atomic E-state index is 11.1. The van der Waals surface area contributed by atoms with Gasteiger partial charge in [0.05, 0.1) is 13.2 Å². The Morgan fingerprint density at radius 2 is 1.79 bits per heavy atom. The van der Waals surface area contributed by atoms with E-state index in [0.717, 1.165) is 5.75 Å². The highest BCUT2D eigenvalue weighted by Crippen LogP contribution is 2.24. The van der Waals surface area contributed by atoms with E-state index < -0.39 is 0 Å². The van der Waals surface area contributed by atoms with Crippen molar-refractivity contribution in [1.29, 1.82) is 0 Å². The minimum atomic E-state index is -0.158. The summed E-state index contributed by atoms with van der Waals surface area (Å²) in [5, 5.41) is 0. The molecule has 0 atom stereocenters. The van der Waals surface area contributed by atoms with Gasteiger partial charge in [-0.2, -0.15) is 0 Å². The molecule has 3 heteroatoms. The lowest BCUT2D eigenvalue weighted by Gasteiger charge is -2.19. The highest BCUT2D eigenvalue weighted by Gasteiger charge is 2.12. The Bertz CT molecular complexity index is 387. The normalized spacial score (nSPS) is 11.2. The van der Waals surface area contributed by atoms with E-state index in [1.807, 2.05) is 19.1 Å². The van der Waals surface area contributed by atoms with Gasteiger partial charge in [-0.05, 0) is 36.5 Å².